The van der Waals surface area contributed by atoms with Gasteiger partial charge in [-0.2, -0.15) is 0 Å². The first kappa shape index (κ1) is 28.4. The van der Waals surface area contributed by atoms with Gasteiger partial charge < -0.3 is 18.8 Å². The summed E-state index contributed by atoms with van der Waals surface area (Å²) in [4.78, 5) is 33.8. The molecule has 0 aliphatic carbocycles. The molecule has 6 heterocycles. The SMILES string of the molecule is COC(=O)c1ccc2nc([C@H](C)N3CCC(c4cccc(OCc5cccc6cccnc56)n4)CC3)n(C[C@@H]3CCO3)c2n1. The Morgan fingerprint density at radius 1 is 1.00 bits per heavy atom. The van der Waals surface area contributed by atoms with Gasteiger partial charge in [-0.05, 0) is 63.5 Å². The molecule has 2 saturated heterocycles. The fourth-order valence-corrected chi connectivity index (χ4v) is 6.29. The molecule has 0 bridgehead atoms. The minimum absolute atomic E-state index is 0.0729. The van der Waals surface area contributed by atoms with Crippen LogP contribution in [0.15, 0.2) is 66.9 Å². The van der Waals surface area contributed by atoms with E-state index in [1.807, 2.05) is 36.5 Å². The quantitative estimate of drug-likeness (QED) is 0.206. The van der Waals surface area contributed by atoms with Crippen molar-refractivity contribution >= 4 is 28.0 Å². The fourth-order valence-electron chi connectivity index (χ4n) is 6.29. The van der Waals surface area contributed by atoms with Crippen molar-refractivity contribution in [2.75, 3.05) is 26.8 Å². The summed E-state index contributed by atoms with van der Waals surface area (Å²) in [6.07, 6.45) is 4.93. The van der Waals surface area contributed by atoms with Gasteiger partial charge in [-0.3, -0.25) is 9.88 Å². The average Bonchev–Trinajstić information content (AvgIpc) is 3.42. The number of likely N-dealkylation sites (tertiary alicyclic amines) is 1. The fraction of sp³-hybridized carbons (Fsp3) is 0.382. The number of hydrogen-bond donors (Lipinski definition) is 0. The van der Waals surface area contributed by atoms with E-state index in [0.717, 1.165) is 72.5 Å². The number of hydrogen-bond acceptors (Lipinski definition) is 9. The number of ether oxygens (including phenoxy) is 3. The highest BCUT2D eigenvalue weighted by molar-refractivity contribution is 5.89. The van der Waals surface area contributed by atoms with Crippen LogP contribution in [0.25, 0.3) is 22.1 Å². The van der Waals surface area contributed by atoms with Gasteiger partial charge in [0.05, 0.1) is 31.3 Å². The molecule has 0 unspecified atom stereocenters. The summed E-state index contributed by atoms with van der Waals surface area (Å²) in [5, 5.41) is 1.10. The van der Waals surface area contributed by atoms with Gasteiger partial charge >= 0.3 is 5.97 Å². The minimum Gasteiger partial charge on any atom is -0.473 e. The van der Waals surface area contributed by atoms with Gasteiger partial charge in [0, 0.05) is 41.4 Å². The van der Waals surface area contributed by atoms with E-state index in [9.17, 15) is 4.79 Å². The molecule has 0 radical (unpaired) electrons. The lowest BCUT2D eigenvalue weighted by molar-refractivity contribution is -0.0595. The topological polar surface area (TPSA) is 104 Å². The number of carbonyl (C=O) groups is 1. The molecule has 1 aromatic carbocycles. The Morgan fingerprint density at radius 3 is 2.61 bits per heavy atom. The minimum atomic E-state index is -0.454. The zero-order valence-electron chi connectivity index (χ0n) is 25.1. The molecule has 2 fully saturated rings. The third kappa shape index (κ3) is 5.62. The number of rotatable bonds is 9. The predicted molar refractivity (Wildman–Crippen MR) is 165 cm³/mol. The summed E-state index contributed by atoms with van der Waals surface area (Å²) >= 11 is 0. The number of pyridine rings is 3. The molecule has 2 aliphatic heterocycles. The molecule has 10 nitrogen and oxygen atoms in total. The number of benzene rings is 1. The molecule has 2 atom stereocenters. The third-order valence-electron chi connectivity index (χ3n) is 8.90. The second-order valence-corrected chi connectivity index (χ2v) is 11.6. The van der Waals surface area contributed by atoms with Crippen molar-refractivity contribution in [3.63, 3.8) is 0 Å². The van der Waals surface area contributed by atoms with E-state index in [1.54, 1.807) is 6.07 Å². The van der Waals surface area contributed by atoms with Crippen molar-refractivity contribution in [3.05, 3.63) is 89.6 Å². The van der Waals surface area contributed by atoms with Crippen LogP contribution in [0.2, 0.25) is 0 Å². The number of nitrogens with zero attached hydrogens (tertiary/aromatic N) is 6. The van der Waals surface area contributed by atoms with E-state index >= 15 is 0 Å². The van der Waals surface area contributed by atoms with Gasteiger partial charge in [-0.1, -0.05) is 30.3 Å². The number of piperidine rings is 1. The first-order valence-electron chi connectivity index (χ1n) is 15.3. The summed E-state index contributed by atoms with van der Waals surface area (Å²) in [7, 11) is 1.37. The summed E-state index contributed by atoms with van der Waals surface area (Å²) < 4.78 is 19.0. The van der Waals surface area contributed by atoms with E-state index < -0.39 is 5.97 Å². The second kappa shape index (κ2) is 12.3. The van der Waals surface area contributed by atoms with Crippen LogP contribution in [-0.2, 0) is 22.6 Å². The number of esters is 1. The molecular weight excluding hydrogens is 556 g/mol. The second-order valence-electron chi connectivity index (χ2n) is 11.6. The Balaban J connectivity index is 1.04. The Bertz CT molecular complexity index is 1790. The van der Waals surface area contributed by atoms with E-state index in [0.29, 0.717) is 30.6 Å². The zero-order valence-corrected chi connectivity index (χ0v) is 25.1. The average molecular weight is 593 g/mol. The number of methoxy groups -OCH3 is 1. The van der Waals surface area contributed by atoms with Crippen LogP contribution in [0, 0.1) is 0 Å². The van der Waals surface area contributed by atoms with Gasteiger partial charge in [-0.15, -0.1) is 0 Å². The van der Waals surface area contributed by atoms with Crippen LogP contribution in [0.4, 0.5) is 0 Å². The van der Waals surface area contributed by atoms with E-state index in [1.165, 1.54) is 7.11 Å². The van der Waals surface area contributed by atoms with Crippen molar-refractivity contribution in [2.45, 2.75) is 57.4 Å². The molecule has 10 heteroatoms. The number of aromatic nitrogens is 5. The maximum absolute atomic E-state index is 12.2. The van der Waals surface area contributed by atoms with Crippen LogP contribution < -0.4 is 4.74 Å². The molecule has 0 spiro atoms. The Morgan fingerprint density at radius 2 is 1.82 bits per heavy atom. The summed E-state index contributed by atoms with van der Waals surface area (Å²) in [6, 6.07) is 19.8. The number of imidazole rings is 1. The molecule has 4 aromatic heterocycles. The molecule has 7 rings (SSSR count). The lowest BCUT2D eigenvalue weighted by Gasteiger charge is -2.36. The van der Waals surface area contributed by atoms with Crippen LogP contribution in [-0.4, -0.2) is 68.3 Å². The van der Waals surface area contributed by atoms with E-state index in [4.69, 9.17) is 24.2 Å². The van der Waals surface area contributed by atoms with Crippen molar-refractivity contribution < 1.29 is 19.0 Å². The monoisotopic (exact) mass is 592 g/mol. The maximum atomic E-state index is 12.2. The van der Waals surface area contributed by atoms with Crippen LogP contribution in [0.1, 0.15) is 65.7 Å². The van der Waals surface area contributed by atoms with Gasteiger partial charge in [0.25, 0.3) is 0 Å². The molecule has 2 aliphatic rings. The highest BCUT2D eigenvalue weighted by atomic mass is 16.5. The summed E-state index contributed by atoms with van der Waals surface area (Å²) in [6.45, 7) is 5.90. The first-order valence-corrected chi connectivity index (χ1v) is 15.3. The molecule has 0 N–H and O–H groups in total. The van der Waals surface area contributed by atoms with Crippen LogP contribution in [0.3, 0.4) is 0 Å². The van der Waals surface area contributed by atoms with Gasteiger partial charge in [0.2, 0.25) is 5.88 Å². The number of carbonyl (C=O) groups excluding carboxylic acids is 1. The van der Waals surface area contributed by atoms with Crippen LogP contribution >= 0.6 is 0 Å². The number of para-hydroxylation sites is 1. The van der Waals surface area contributed by atoms with Gasteiger partial charge in [0.1, 0.15) is 17.9 Å². The lowest BCUT2D eigenvalue weighted by atomic mass is 9.92. The Kier molecular flexibility index (Phi) is 7.93. The van der Waals surface area contributed by atoms with E-state index in [2.05, 4.69) is 50.6 Å². The Hall–Kier alpha value is -4.41. The van der Waals surface area contributed by atoms with Crippen molar-refractivity contribution in [2.24, 2.45) is 0 Å². The molecule has 5 aromatic rings. The van der Waals surface area contributed by atoms with Crippen molar-refractivity contribution in [1.29, 1.82) is 0 Å². The predicted octanol–water partition coefficient (Wildman–Crippen LogP) is 5.47. The van der Waals surface area contributed by atoms with Crippen molar-refractivity contribution in [1.82, 2.24) is 29.4 Å². The highest BCUT2D eigenvalue weighted by Gasteiger charge is 2.30. The van der Waals surface area contributed by atoms with E-state index in [-0.39, 0.29) is 17.8 Å². The van der Waals surface area contributed by atoms with Gasteiger partial charge in [0.15, 0.2) is 11.3 Å². The lowest BCUT2D eigenvalue weighted by Crippen LogP contribution is -2.37. The summed E-state index contributed by atoms with van der Waals surface area (Å²) in [5.74, 6) is 1.48. The first-order chi connectivity index (χ1) is 21.6. The molecule has 44 heavy (non-hydrogen) atoms. The molecule has 0 saturated carbocycles. The maximum Gasteiger partial charge on any atom is 0.356 e. The molecular formula is C34H36N6O4. The number of fused-ring (bicyclic) bond motifs is 2. The molecule has 0 amide bonds. The Labute approximate surface area is 256 Å². The zero-order chi connectivity index (χ0) is 30.0. The molecule has 226 valence electrons. The van der Waals surface area contributed by atoms with Gasteiger partial charge in [-0.25, -0.2) is 19.7 Å². The summed E-state index contributed by atoms with van der Waals surface area (Å²) in [5.41, 5.74) is 4.82. The smallest absolute Gasteiger partial charge is 0.356 e. The van der Waals surface area contributed by atoms with Crippen LogP contribution in [0.5, 0.6) is 5.88 Å². The van der Waals surface area contributed by atoms with Crippen molar-refractivity contribution in [3.8, 4) is 5.88 Å². The highest BCUT2D eigenvalue weighted by Crippen LogP contribution is 2.33. The normalized spacial score (nSPS) is 18.3. The largest absolute Gasteiger partial charge is 0.473 e. The third-order valence-corrected chi connectivity index (χ3v) is 8.90. The standard InChI is InChI=1S/C34H36N6O4/c1-22(32-37-28-11-12-29(34(41)42-2)38-33(28)40(32)20-26-15-19-43-26)39-17-13-23(14-18-39)27-9-4-10-30(36-27)44-21-25-7-3-6-24-8-5-16-35-31(24)25/h3-12,16,22-23,26H,13-15,17-21H2,1-2H3/t22-,26-/m0/s1.